The molecule has 0 heterocycles. The molecule has 0 aromatic carbocycles. The third-order valence-electron chi connectivity index (χ3n) is 2.21. The Balaban J connectivity index is 3.90. The summed E-state index contributed by atoms with van der Waals surface area (Å²) < 4.78 is 0. The molecule has 0 aliphatic heterocycles. The first-order chi connectivity index (χ1) is 5.63. The maximum absolute atomic E-state index is 3.22. The number of hydrogen-bond donors (Lipinski definition) is 1. The molecule has 1 N–H and O–H groups in total. The maximum Gasteiger partial charge on any atom is 0.0194 e. The molecule has 2 heteroatoms. The minimum absolute atomic E-state index is 0.648. The lowest BCUT2D eigenvalue weighted by Crippen LogP contribution is -2.43. The molecule has 0 saturated carbocycles. The van der Waals surface area contributed by atoms with E-state index in [2.05, 4.69) is 37.9 Å². The van der Waals surface area contributed by atoms with Gasteiger partial charge in [0, 0.05) is 18.6 Å². The highest BCUT2D eigenvalue weighted by Gasteiger charge is 2.14. The predicted molar refractivity (Wildman–Crippen MR) is 55.5 cm³/mol. The van der Waals surface area contributed by atoms with Gasteiger partial charge in [-0.05, 0) is 40.8 Å². The fraction of sp³-hybridized carbons (Fsp3) is 1.00. The van der Waals surface area contributed by atoms with Crippen LogP contribution in [0.4, 0.5) is 0 Å². The van der Waals surface area contributed by atoms with Gasteiger partial charge in [0.05, 0.1) is 0 Å². The van der Waals surface area contributed by atoms with Gasteiger partial charge in [0.1, 0.15) is 0 Å². The van der Waals surface area contributed by atoms with Gasteiger partial charge in [-0.25, -0.2) is 0 Å². The van der Waals surface area contributed by atoms with Gasteiger partial charge in [-0.2, -0.15) is 0 Å². The summed E-state index contributed by atoms with van der Waals surface area (Å²) in [5, 5.41) is 3.22. The van der Waals surface area contributed by atoms with Gasteiger partial charge in [0.25, 0.3) is 0 Å². The van der Waals surface area contributed by atoms with E-state index >= 15 is 0 Å². The molecule has 2 nitrogen and oxygen atoms in total. The Morgan fingerprint density at radius 3 is 2.17 bits per heavy atom. The van der Waals surface area contributed by atoms with Gasteiger partial charge in [-0.3, -0.25) is 4.90 Å². The molecule has 74 valence electrons. The molecule has 0 amide bonds. The minimum atomic E-state index is 0.648. The second-order valence-corrected chi connectivity index (χ2v) is 3.74. The molecule has 1 atom stereocenters. The molecular formula is C10H24N2. The van der Waals surface area contributed by atoms with Crippen molar-refractivity contribution in [3.05, 3.63) is 0 Å². The average molecular weight is 172 g/mol. The number of nitrogens with one attached hydrogen (secondary N) is 1. The summed E-state index contributed by atoms with van der Waals surface area (Å²) in [7, 11) is 2.01. The van der Waals surface area contributed by atoms with E-state index in [4.69, 9.17) is 0 Å². The van der Waals surface area contributed by atoms with Crippen LogP contribution in [-0.4, -0.2) is 37.1 Å². The molecular weight excluding hydrogens is 148 g/mol. The van der Waals surface area contributed by atoms with Crippen molar-refractivity contribution in [3.8, 4) is 0 Å². The van der Waals surface area contributed by atoms with E-state index in [1.54, 1.807) is 0 Å². The molecule has 0 radical (unpaired) electrons. The van der Waals surface area contributed by atoms with Crippen LogP contribution in [0.5, 0.6) is 0 Å². The fourth-order valence-corrected chi connectivity index (χ4v) is 1.66. The Hall–Kier alpha value is -0.0800. The number of hydrogen-bond acceptors (Lipinski definition) is 2. The monoisotopic (exact) mass is 172 g/mol. The number of likely N-dealkylation sites (N-methyl/N-ethyl adjacent to an activating group) is 1. The Morgan fingerprint density at radius 1 is 1.25 bits per heavy atom. The summed E-state index contributed by atoms with van der Waals surface area (Å²) >= 11 is 0. The van der Waals surface area contributed by atoms with Crippen LogP contribution in [0.3, 0.4) is 0 Å². The summed E-state index contributed by atoms with van der Waals surface area (Å²) in [4.78, 5) is 2.54. The van der Waals surface area contributed by atoms with Crippen LogP contribution in [0.1, 0.15) is 34.1 Å². The Morgan fingerprint density at radius 2 is 1.83 bits per heavy atom. The molecule has 1 unspecified atom stereocenters. The minimum Gasteiger partial charge on any atom is -0.318 e. The second-order valence-electron chi connectivity index (χ2n) is 3.74. The lowest BCUT2D eigenvalue weighted by Gasteiger charge is -2.32. The van der Waals surface area contributed by atoms with Gasteiger partial charge in [-0.15, -0.1) is 0 Å². The second kappa shape index (κ2) is 6.44. The first-order valence-electron chi connectivity index (χ1n) is 5.03. The summed E-state index contributed by atoms with van der Waals surface area (Å²) in [6, 6.07) is 1.31. The summed E-state index contributed by atoms with van der Waals surface area (Å²) in [6.45, 7) is 11.3. The van der Waals surface area contributed by atoms with Crippen LogP contribution in [-0.2, 0) is 0 Å². The first kappa shape index (κ1) is 11.9. The van der Waals surface area contributed by atoms with Crippen molar-refractivity contribution in [1.82, 2.24) is 10.2 Å². The van der Waals surface area contributed by atoms with E-state index in [-0.39, 0.29) is 0 Å². The molecule has 0 spiro atoms. The van der Waals surface area contributed by atoms with E-state index in [0.29, 0.717) is 12.1 Å². The Bertz CT molecular complexity index is 102. The molecule has 0 aliphatic carbocycles. The highest BCUT2D eigenvalue weighted by molar-refractivity contribution is 4.71. The SMILES string of the molecule is CCCN(C(C)C)C(C)CNC. The zero-order valence-corrected chi connectivity index (χ0v) is 9.22. The van der Waals surface area contributed by atoms with Gasteiger partial charge >= 0.3 is 0 Å². The van der Waals surface area contributed by atoms with E-state index < -0.39 is 0 Å². The Kier molecular flexibility index (Phi) is 6.39. The molecule has 0 bridgehead atoms. The summed E-state index contributed by atoms with van der Waals surface area (Å²) in [5.41, 5.74) is 0. The largest absolute Gasteiger partial charge is 0.318 e. The third-order valence-corrected chi connectivity index (χ3v) is 2.21. The summed E-state index contributed by atoms with van der Waals surface area (Å²) in [6.07, 6.45) is 1.24. The predicted octanol–water partition coefficient (Wildman–Crippen LogP) is 1.71. The quantitative estimate of drug-likeness (QED) is 0.656. The average Bonchev–Trinajstić information content (AvgIpc) is 1.99. The molecule has 0 saturated heterocycles. The number of rotatable bonds is 6. The van der Waals surface area contributed by atoms with Crippen molar-refractivity contribution in [2.24, 2.45) is 0 Å². The molecule has 0 fully saturated rings. The van der Waals surface area contributed by atoms with Crippen LogP contribution in [0.2, 0.25) is 0 Å². The molecule has 0 aromatic rings. The lowest BCUT2D eigenvalue weighted by molar-refractivity contribution is 0.163. The first-order valence-corrected chi connectivity index (χ1v) is 5.03. The summed E-state index contributed by atoms with van der Waals surface area (Å²) in [5.74, 6) is 0. The van der Waals surface area contributed by atoms with Gasteiger partial charge in [-0.1, -0.05) is 6.92 Å². The molecule has 0 aliphatic rings. The maximum atomic E-state index is 3.22. The van der Waals surface area contributed by atoms with Crippen LogP contribution in [0.25, 0.3) is 0 Å². The lowest BCUT2D eigenvalue weighted by atomic mass is 10.2. The molecule has 0 rings (SSSR count). The standard InChI is InChI=1S/C10H24N2/c1-6-7-12(9(2)3)10(4)8-11-5/h9-11H,6-8H2,1-5H3. The van der Waals surface area contributed by atoms with Crippen LogP contribution >= 0.6 is 0 Å². The highest BCUT2D eigenvalue weighted by Crippen LogP contribution is 2.05. The zero-order chi connectivity index (χ0) is 9.56. The van der Waals surface area contributed by atoms with E-state index in [9.17, 15) is 0 Å². The Labute approximate surface area is 77.3 Å². The van der Waals surface area contributed by atoms with Crippen molar-refractivity contribution < 1.29 is 0 Å². The van der Waals surface area contributed by atoms with E-state index in [1.807, 2.05) is 7.05 Å². The van der Waals surface area contributed by atoms with Crippen molar-refractivity contribution in [2.45, 2.75) is 46.2 Å². The van der Waals surface area contributed by atoms with Crippen LogP contribution in [0.15, 0.2) is 0 Å². The topological polar surface area (TPSA) is 15.3 Å². The smallest absolute Gasteiger partial charge is 0.0194 e. The molecule has 12 heavy (non-hydrogen) atoms. The van der Waals surface area contributed by atoms with Gasteiger partial charge in [0.2, 0.25) is 0 Å². The van der Waals surface area contributed by atoms with Crippen LogP contribution < -0.4 is 5.32 Å². The fourth-order valence-electron chi connectivity index (χ4n) is 1.66. The van der Waals surface area contributed by atoms with Crippen molar-refractivity contribution >= 4 is 0 Å². The van der Waals surface area contributed by atoms with E-state index in [1.165, 1.54) is 13.0 Å². The number of nitrogens with zero attached hydrogens (tertiary/aromatic N) is 1. The van der Waals surface area contributed by atoms with E-state index in [0.717, 1.165) is 6.54 Å². The highest BCUT2D eigenvalue weighted by atomic mass is 15.2. The van der Waals surface area contributed by atoms with Crippen molar-refractivity contribution in [3.63, 3.8) is 0 Å². The molecule has 0 aromatic heterocycles. The van der Waals surface area contributed by atoms with Gasteiger partial charge in [0.15, 0.2) is 0 Å². The van der Waals surface area contributed by atoms with Crippen molar-refractivity contribution in [2.75, 3.05) is 20.1 Å². The van der Waals surface area contributed by atoms with Crippen molar-refractivity contribution in [1.29, 1.82) is 0 Å². The van der Waals surface area contributed by atoms with Crippen LogP contribution in [0, 0.1) is 0 Å². The van der Waals surface area contributed by atoms with Gasteiger partial charge < -0.3 is 5.32 Å². The zero-order valence-electron chi connectivity index (χ0n) is 9.22. The third kappa shape index (κ3) is 4.07. The normalized spacial score (nSPS) is 14.2.